The van der Waals surface area contributed by atoms with Gasteiger partial charge < -0.3 is 5.32 Å². The van der Waals surface area contributed by atoms with Crippen LogP contribution in [-0.2, 0) is 4.79 Å². The maximum Gasteiger partial charge on any atom is 0.234 e. The predicted molar refractivity (Wildman–Crippen MR) is 79.2 cm³/mol. The quantitative estimate of drug-likeness (QED) is 0.833. The Hall–Kier alpha value is -1.53. The second-order valence-corrected chi connectivity index (χ2v) is 5.94. The minimum atomic E-state index is -0.124. The van der Waals surface area contributed by atoms with E-state index in [1.54, 1.807) is 12.1 Å². The van der Waals surface area contributed by atoms with Gasteiger partial charge in [0.25, 0.3) is 0 Å². The molecule has 1 fully saturated rings. The van der Waals surface area contributed by atoms with E-state index in [1.165, 1.54) is 24.6 Å². The molecule has 0 radical (unpaired) electrons. The van der Waals surface area contributed by atoms with E-state index in [0.717, 1.165) is 5.82 Å². The number of hydrogen-bond donors (Lipinski definition) is 2. The molecule has 0 atom stereocenters. The number of benzene rings is 1. The first kappa shape index (κ1) is 13.5. The van der Waals surface area contributed by atoms with Crippen molar-refractivity contribution in [3.8, 4) is 0 Å². The van der Waals surface area contributed by atoms with Gasteiger partial charge in [-0.25, -0.2) is 4.98 Å². The van der Waals surface area contributed by atoms with E-state index >= 15 is 0 Å². The SMILES string of the molecule is O=C(CSc1n[nH]c(C2CC2)n1)Nc1ccccc1Cl. The lowest BCUT2D eigenvalue weighted by Gasteiger charge is -2.05. The normalized spacial score (nSPS) is 14.2. The third-order valence-electron chi connectivity index (χ3n) is 2.93. The second-order valence-electron chi connectivity index (χ2n) is 4.59. The summed E-state index contributed by atoms with van der Waals surface area (Å²) in [4.78, 5) is 16.2. The van der Waals surface area contributed by atoms with E-state index in [0.29, 0.717) is 21.8 Å². The zero-order valence-corrected chi connectivity index (χ0v) is 12.2. The molecule has 0 saturated heterocycles. The molecule has 0 unspecified atom stereocenters. The number of thioether (sulfide) groups is 1. The van der Waals surface area contributed by atoms with Crippen LogP contribution in [0.4, 0.5) is 5.69 Å². The number of carbonyl (C=O) groups is 1. The number of carbonyl (C=O) groups excluding carboxylic acids is 1. The largest absolute Gasteiger partial charge is 0.324 e. The molecule has 0 bridgehead atoms. The Kier molecular flexibility index (Phi) is 3.93. The van der Waals surface area contributed by atoms with Gasteiger partial charge in [0.05, 0.1) is 16.5 Å². The molecule has 1 aliphatic rings. The molecule has 1 aromatic heterocycles. The topological polar surface area (TPSA) is 70.7 Å². The van der Waals surface area contributed by atoms with Gasteiger partial charge in [-0.3, -0.25) is 9.89 Å². The third kappa shape index (κ3) is 3.32. The molecule has 5 nitrogen and oxygen atoms in total. The van der Waals surface area contributed by atoms with Crippen molar-refractivity contribution in [2.24, 2.45) is 0 Å². The van der Waals surface area contributed by atoms with Crippen molar-refractivity contribution in [2.45, 2.75) is 23.9 Å². The zero-order valence-electron chi connectivity index (χ0n) is 10.6. The number of rotatable bonds is 5. The number of nitrogens with zero attached hydrogens (tertiary/aromatic N) is 2. The molecular weight excluding hydrogens is 296 g/mol. The van der Waals surface area contributed by atoms with Crippen LogP contribution in [0.5, 0.6) is 0 Å². The molecule has 2 aromatic rings. The molecule has 1 heterocycles. The Morgan fingerprint density at radius 1 is 1.45 bits per heavy atom. The first-order valence-electron chi connectivity index (χ1n) is 6.32. The van der Waals surface area contributed by atoms with Crippen LogP contribution in [0.3, 0.4) is 0 Å². The molecule has 2 N–H and O–H groups in total. The van der Waals surface area contributed by atoms with Crippen LogP contribution in [0.1, 0.15) is 24.6 Å². The summed E-state index contributed by atoms with van der Waals surface area (Å²) in [6.45, 7) is 0. The highest BCUT2D eigenvalue weighted by Gasteiger charge is 2.27. The van der Waals surface area contributed by atoms with Crippen LogP contribution in [0, 0.1) is 0 Å². The second kappa shape index (κ2) is 5.85. The summed E-state index contributed by atoms with van der Waals surface area (Å²) in [7, 11) is 0. The summed E-state index contributed by atoms with van der Waals surface area (Å²) in [6, 6.07) is 7.15. The van der Waals surface area contributed by atoms with Crippen molar-refractivity contribution >= 4 is 35.0 Å². The van der Waals surface area contributed by atoms with Crippen molar-refractivity contribution in [3.05, 3.63) is 35.1 Å². The number of H-pyrrole nitrogens is 1. The summed E-state index contributed by atoms with van der Waals surface area (Å²) in [6.07, 6.45) is 2.35. The molecule has 7 heteroatoms. The maximum absolute atomic E-state index is 11.8. The van der Waals surface area contributed by atoms with Crippen molar-refractivity contribution in [2.75, 3.05) is 11.1 Å². The number of halogens is 1. The lowest BCUT2D eigenvalue weighted by atomic mass is 10.3. The molecule has 1 aromatic carbocycles. The van der Waals surface area contributed by atoms with E-state index in [4.69, 9.17) is 11.6 Å². The van der Waals surface area contributed by atoms with E-state index in [9.17, 15) is 4.79 Å². The number of hydrogen-bond acceptors (Lipinski definition) is 4. The highest BCUT2D eigenvalue weighted by Crippen LogP contribution is 2.38. The average Bonchev–Trinajstić information content (AvgIpc) is 3.18. The fourth-order valence-corrected chi connectivity index (χ4v) is 2.53. The lowest BCUT2D eigenvalue weighted by molar-refractivity contribution is -0.113. The highest BCUT2D eigenvalue weighted by molar-refractivity contribution is 7.99. The fourth-order valence-electron chi connectivity index (χ4n) is 1.74. The van der Waals surface area contributed by atoms with E-state index in [1.807, 2.05) is 12.1 Å². The van der Waals surface area contributed by atoms with Gasteiger partial charge in [-0.1, -0.05) is 35.5 Å². The highest BCUT2D eigenvalue weighted by atomic mass is 35.5. The molecule has 1 aliphatic carbocycles. The van der Waals surface area contributed by atoms with Crippen LogP contribution in [0.2, 0.25) is 5.02 Å². The van der Waals surface area contributed by atoms with Gasteiger partial charge in [-0.2, -0.15) is 0 Å². The maximum atomic E-state index is 11.8. The first-order chi connectivity index (χ1) is 9.72. The average molecular weight is 309 g/mol. The van der Waals surface area contributed by atoms with Gasteiger partial charge in [0.15, 0.2) is 0 Å². The van der Waals surface area contributed by atoms with Gasteiger partial charge in [0.1, 0.15) is 5.82 Å². The molecule has 0 aliphatic heterocycles. The van der Waals surface area contributed by atoms with Gasteiger partial charge in [-0.15, -0.1) is 5.10 Å². The smallest absolute Gasteiger partial charge is 0.234 e. The fraction of sp³-hybridized carbons (Fsp3) is 0.308. The van der Waals surface area contributed by atoms with Crippen LogP contribution in [0.15, 0.2) is 29.4 Å². The molecule has 1 amide bonds. The van der Waals surface area contributed by atoms with Crippen LogP contribution in [-0.4, -0.2) is 26.8 Å². The Morgan fingerprint density at radius 2 is 2.25 bits per heavy atom. The van der Waals surface area contributed by atoms with Gasteiger partial charge in [0.2, 0.25) is 11.1 Å². The Labute approximate surface area is 125 Å². The number of anilines is 1. The summed E-state index contributed by atoms with van der Waals surface area (Å²) in [5.41, 5.74) is 0.619. The van der Waals surface area contributed by atoms with Crippen LogP contribution < -0.4 is 5.32 Å². The van der Waals surface area contributed by atoms with Crippen molar-refractivity contribution in [1.29, 1.82) is 0 Å². The van der Waals surface area contributed by atoms with E-state index in [2.05, 4.69) is 20.5 Å². The van der Waals surface area contributed by atoms with E-state index in [-0.39, 0.29) is 11.7 Å². The van der Waals surface area contributed by atoms with E-state index < -0.39 is 0 Å². The molecule has 104 valence electrons. The zero-order chi connectivity index (χ0) is 13.9. The van der Waals surface area contributed by atoms with Crippen molar-refractivity contribution < 1.29 is 4.79 Å². The molecular formula is C13H13ClN4OS. The number of aromatic nitrogens is 3. The molecule has 0 spiro atoms. The summed E-state index contributed by atoms with van der Waals surface area (Å²) >= 11 is 7.29. The van der Waals surface area contributed by atoms with Gasteiger partial charge >= 0.3 is 0 Å². The Bertz CT molecular complexity index is 626. The Balaban J connectivity index is 1.52. The minimum Gasteiger partial charge on any atom is -0.324 e. The van der Waals surface area contributed by atoms with Crippen molar-refractivity contribution in [3.63, 3.8) is 0 Å². The van der Waals surface area contributed by atoms with Crippen LogP contribution >= 0.6 is 23.4 Å². The first-order valence-corrected chi connectivity index (χ1v) is 7.68. The van der Waals surface area contributed by atoms with Crippen LogP contribution in [0.25, 0.3) is 0 Å². The molecule has 20 heavy (non-hydrogen) atoms. The molecule has 3 rings (SSSR count). The summed E-state index contributed by atoms with van der Waals surface area (Å²) in [5, 5.41) is 10.9. The molecule has 1 saturated carbocycles. The lowest BCUT2D eigenvalue weighted by Crippen LogP contribution is -2.14. The number of nitrogens with one attached hydrogen (secondary N) is 2. The number of amides is 1. The predicted octanol–water partition coefficient (Wildman–Crippen LogP) is 3.07. The van der Waals surface area contributed by atoms with Crippen molar-refractivity contribution in [1.82, 2.24) is 15.2 Å². The summed E-state index contributed by atoms with van der Waals surface area (Å²) < 4.78 is 0. The number of para-hydroxylation sites is 1. The third-order valence-corrected chi connectivity index (χ3v) is 4.10. The standard InChI is InChI=1S/C13H13ClN4OS/c14-9-3-1-2-4-10(9)15-11(19)7-20-13-16-12(17-18-13)8-5-6-8/h1-4,8H,5-7H2,(H,15,19)(H,16,17,18). The minimum absolute atomic E-state index is 0.124. The van der Waals surface area contributed by atoms with Gasteiger partial charge in [-0.05, 0) is 25.0 Å². The Morgan fingerprint density at radius 3 is 3.00 bits per heavy atom. The summed E-state index contributed by atoms with van der Waals surface area (Å²) in [5.74, 6) is 1.60. The number of aromatic amines is 1. The monoisotopic (exact) mass is 308 g/mol. The van der Waals surface area contributed by atoms with Gasteiger partial charge in [0, 0.05) is 5.92 Å².